The molecule has 4 rings (SSSR count). The summed E-state index contributed by atoms with van der Waals surface area (Å²) in [4.78, 5) is 12.1. The number of hydrogen-bond donors (Lipinski definition) is 2. The van der Waals surface area contributed by atoms with Gasteiger partial charge < -0.3 is 10.2 Å². The third kappa shape index (κ3) is 1.78. The monoisotopic (exact) mass is 318 g/mol. The lowest BCUT2D eigenvalue weighted by Gasteiger charge is -2.64. The van der Waals surface area contributed by atoms with E-state index in [-0.39, 0.29) is 22.9 Å². The summed E-state index contributed by atoms with van der Waals surface area (Å²) >= 11 is 0. The van der Waals surface area contributed by atoms with Crippen LogP contribution in [0, 0.1) is 34.0 Å². The fraction of sp³-hybridized carbons (Fsp3) is 0.850. The van der Waals surface area contributed by atoms with Crippen LogP contribution in [0.3, 0.4) is 0 Å². The average Bonchev–Trinajstić information content (AvgIpc) is 2.73. The molecule has 2 unspecified atom stereocenters. The number of carbonyl (C=O) groups is 1. The highest BCUT2D eigenvalue weighted by atomic mass is 16.4. The van der Waals surface area contributed by atoms with Gasteiger partial charge in [0.2, 0.25) is 0 Å². The van der Waals surface area contributed by atoms with Gasteiger partial charge in [-0.1, -0.05) is 25.5 Å². The van der Waals surface area contributed by atoms with Gasteiger partial charge in [-0.2, -0.15) is 0 Å². The second kappa shape index (κ2) is 4.62. The van der Waals surface area contributed by atoms with Crippen LogP contribution in [-0.2, 0) is 4.79 Å². The Morgan fingerprint density at radius 3 is 2.65 bits per heavy atom. The van der Waals surface area contributed by atoms with Gasteiger partial charge in [0.25, 0.3) is 0 Å². The molecule has 0 aromatic carbocycles. The van der Waals surface area contributed by atoms with Crippen molar-refractivity contribution < 1.29 is 15.0 Å². The zero-order valence-corrected chi connectivity index (χ0v) is 14.5. The number of aliphatic hydroxyl groups is 1. The first-order valence-electron chi connectivity index (χ1n) is 9.33. The molecular formula is C20H30O3. The fourth-order valence-electron chi connectivity index (χ4n) is 7.51. The normalized spacial score (nSPS) is 55.2. The molecule has 3 heteroatoms. The molecule has 128 valence electrons. The standard InChI is InChI=1S/C20H30O3/c1-12-10-20-11-13(12)5-6-14(20)18(2)7-4-8-19(3,17(22)23)15(18)9-16(20)21/h13-16,21H,1,4-11H2,2-3H3,(H,22,23)/t13?,14-,15-,16?,18+,19+,20+/m1/s1. The molecule has 7 atom stereocenters. The van der Waals surface area contributed by atoms with Crippen molar-refractivity contribution in [1.29, 1.82) is 0 Å². The third-order valence-corrected chi connectivity index (χ3v) is 8.64. The van der Waals surface area contributed by atoms with Crippen molar-refractivity contribution in [3.05, 3.63) is 12.2 Å². The molecule has 0 heterocycles. The number of carboxylic acid groups (broad SMARTS) is 1. The van der Waals surface area contributed by atoms with E-state index in [0.29, 0.717) is 18.3 Å². The lowest BCUT2D eigenvalue weighted by atomic mass is 9.40. The molecule has 4 fully saturated rings. The number of allylic oxidation sites excluding steroid dienone is 1. The first-order valence-corrected chi connectivity index (χ1v) is 9.33. The number of carboxylic acids is 1. The summed E-state index contributed by atoms with van der Waals surface area (Å²) in [6, 6.07) is 0. The van der Waals surface area contributed by atoms with Crippen molar-refractivity contribution in [3.8, 4) is 0 Å². The maximum Gasteiger partial charge on any atom is 0.309 e. The highest BCUT2D eigenvalue weighted by Crippen LogP contribution is 2.72. The maximum atomic E-state index is 12.1. The van der Waals surface area contributed by atoms with Crippen LogP contribution in [0.15, 0.2) is 12.2 Å². The Morgan fingerprint density at radius 1 is 1.22 bits per heavy atom. The summed E-state index contributed by atoms with van der Waals surface area (Å²) in [5, 5.41) is 21.0. The fourth-order valence-corrected chi connectivity index (χ4v) is 7.51. The smallest absolute Gasteiger partial charge is 0.309 e. The van der Waals surface area contributed by atoms with Crippen LogP contribution in [0.5, 0.6) is 0 Å². The molecule has 0 amide bonds. The number of hydrogen-bond acceptors (Lipinski definition) is 2. The summed E-state index contributed by atoms with van der Waals surface area (Å²) in [5.74, 6) is 0.479. The van der Waals surface area contributed by atoms with Gasteiger partial charge in [0.15, 0.2) is 0 Å². The second-order valence-electron chi connectivity index (χ2n) is 9.49. The zero-order valence-electron chi connectivity index (χ0n) is 14.5. The largest absolute Gasteiger partial charge is 0.481 e. The molecule has 0 radical (unpaired) electrons. The molecular weight excluding hydrogens is 288 g/mol. The highest BCUT2D eigenvalue weighted by molar-refractivity contribution is 5.75. The van der Waals surface area contributed by atoms with Crippen LogP contribution in [0.2, 0.25) is 0 Å². The minimum Gasteiger partial charge on any atom is -0.481 e. The number of aliphatic hydroxyl groups excluding tert-OH is 1. The zero-order chi connectivity index (χ0) is 16.6. The second-order valence-corrected chi connectivity index (χ2v) is 9.49. The van der Waals surface area contributed by atoms with Gasteiger partial charge >= 0.3 is 5.97 Å². The van der Waals surface area contributed by atoms with Crippen molar-refractivity contribution in [3.63, 3.8) is 0 Å². The lowest BCUT2D eigenvalue weighted by molar-refractivity contribution is -0.208. The maximum absolute atomic E-state index is 12.1. The first-order chi connectivity index (χ1) is 10.7. The van der Waals surface area contributed by atoms with Crippen molar-refractivity contribution in [2.75, 3.05) is 0 Å². The predicted octanol–water partition coefficient (Wildman–Crippen LogP) is 4.01. The van der Waals surface area contributed by atoms with Crippen LogP contribution >= 0.6 is 0 Å². The molecule has 0 aromatic heterocycles. The van der Waals surface area contributed by atoms with E-state index in [1.165, 1.54) is 12.0 Å². The van der Waals surface area contributed by atoms with Crippen LogP contribution < -0.4 is 0 Å². The molecule has 4 aliphatic carbocycles. The summed E-state index contributed by atoms with van der Waals surface area (Å²) < 4.78 is 0. The van der Waals surface area contributed by atoms with Crippen LogP contribution in [0.4, 0.5) is 0 Å². The van der Waals surface area contributed by atoms with E-state index in [1.54, 1.807) is 0 Å². The minimum absolute atomic E-state index is 0.0119. The van der Waals surface area contributed by atoms with E-state index in [0.717, 1.165) is 38.5 Å². The Kier molecular flexibility index (Phi) is 3.15. The molecule has 4 aliphatic rings. The van der Waals surface area contributed by atoms with Gasteiger partial charge in [-0.05, 0) is 75.0 Å². The Balaban J connectivity index is 1.80. The van der Waals surface area contributed by atoms with Crippen molar-refractivity contribution in [1.82, 2.24) is 0 Å². The van der Waals surface area contributed by atoms with Gasteiger partial charge in [-0.25, -0.2) is 0 Å². The number of rotatable bonds is 1. The summed E-state index contributed by atoms with van der Waals surface area (Å²) in [7, 11) is 0. The SMILES string of the molecule is C=C1C[C@]23CC1CC[C@@H]2[C@]1(C)CCC[C@](C)(C(=O)O)[C@@H]1CC3O. The van der Waals surface area contributed by atoms with E-state index in [9.17, 15) is 15.0 Å². The van der Waals surface area contributed by atoms with Gasteiger partial charge in [-0.15, -0.1) is 0 Å². The van der Waals surface area contributed by atoms with Crippen LogP contribution in [-0.4, -0.2) is 22.3 Å². The average molecular weight is 318 g/mol. The quantitative estimate of drug-likeness (QED) is 0.718. The van der Waals surface area contributed by atoms with Gasteiger partial charge in [0, 0.05) is 5.41 Å². The Labute approximate surface area is 139 Å². The molecule has 3 nitrogen and oxygen atoms in total. The molecule has 0 aromatic rings. The van der Waals surface area contributed by atoms with Gasteiger partial charge in [0.1, 0.15) is 0 Å². The molecule has 4 saturated carbocycles. The van der Waals surface area contributed by atoms with Crippen molar-refractivity contribution in [2.24, 2.45) is 34.0 Å². The number of aliphatic carboxylic acids is 1. The molecule has 2 bridgehead atoms. The topological polar surface area (TPSA) is 57.5 Å². The van der Waals surface area contributed by atoms with Gasteiger partial charge in [0.05, 0.1) is 11.5 Å². The molecule has 23 heavy (non-hydrogen) atoms. The molecule has 1 spiro atoms. The van der Waals surface area contributed by atoms with Crippen molar-refractivity contribution in [2.45, 2.75) is 71.3 Å². The lowest BCUT2D eigenvalue weighted by Crippen LogP contribution is -2.62. The minimum atomic E-state index is -0.679. The summed E-state index contributed by atoms with van der Waals surface area (Å²) in [6.45, 7) is 8.57. The van der Waals surface area contributed by atoms with E-state index < -0.39 is 11.4 Å². The van der Waals surface area contributed by atoms with Crippen molar-refractivity contribution >= 4 is 5.97 Å². The summed E-state index contributed by atoms with van der Waals surface area (Å²) in [5.41, 5.74) is 0.704. The summed E-state index contributed by atoms with van der Waals surface area (Å²) in [6.07, 6.45) is 7.57. The number of fused-ring (bicyclic) bond motifs is 3. The van der Waals surface area contributed by atoms with E-state index in [1.807, 2.05) is 6.92 Å². The molecule has 2 N–H and O–H groups in total. The van der Waals surface area contributed by atoms with E-state index in [2.05, 4.69) is 13.5 Å². The van der Waals surface area contributed by atoms with Gasteiger partial charge in [-0.3, -0.25) is 4.79 Å². The Hall–Kier alpha value is -0.830. The highest BCUT2D eigenvalue weighted by Gasteiger charge is 2.67. The molecule has 0 saturated heterocycles. The first kappa shape index (κ1) is 15.7. The third-order valence-electron chi connectivity index (χ3n) is 8.64. The molecule has 0 aliphatic heterocycles. The van der Waals surface area contributed by atoms with E-state index >= 15 is 0 Å². The van der Waals surface area contributed by atoms with E-state index in [4.69, 9.17) is 0 Å². The Morgan fingerprint density at radius 2 is 1.96 bits per heavy atom. The van der Waals surface area contributed by atoms with Crippen LogP contribution in [0.25, 0.3) is 0 Å². The van der Waals surface area contributed by atoms with Crippen LogP contribution in [0.1, 0.15) is 65.2 Å². The Bertz CT molecular complexity index is 569. The predicted molar refractivity (Wildman–Crippen MR) is 88.8 cm³/mol.